The lowest BCUT2D eigenvalue weighted by Crippen LogP contribution is -2.31. The summed E-state index contributed by atoms with van der Waals surface area (Å²) in [5.74, 6) is -0.412. The third kappa shape index (κ3) is 3.89. The molecule has 0 saturated heterocycles. The number of anilines is 1. The third-order valence-corrected chi connectivity index (χ3v) is 6.80. The van der Waals surface area contributed by atoms with E-state index in [9.17, 15) is 13.2 Å². The molecule has 148 valence electrons. The summed E-state index contributed by atoms with van der Waals surface area (Å²) < 4.78 is 33.8. The standard InChI is InChI=1S/C23H21NO4S/c25-23(18-10-3-1-4-11-18)28-22-16-9-17-24(21-15-8-7-14-20(21)22)29(26,27)19-12-5-2-6-13-19/h1-8,10-15,22H,9,16-17H2/t22-/m0/s1. The molecule has 0 aliphatic carbocycles. The Labute approximate surface area is 170 Å². The van der Waals surface area contributed by atoms with Gasteiger partial charge in [0.2, 0.25) is 0 Å². The van der Waals surface area contributed by atoms with Gasteiger partial charge in [0.25, 0.3) is 10.0 Å². The Balaban J connectivity index is 1.69. The van der Waals surface area contributed by atoms with Gasteiger partial charge in [0.15, 0.2) is 0 Å². The molecule has 0 unspecified atom stereocenters. The molecule has 0 fully saturated rings. The van der Waals surface area contributed by atoms with Crippen molar-refractivity contribution in [1.82, 2.24) is 0 Å². The second-order valence-electron chi connectivity index (χ2n) is 6.85. The van der Waals surface area contributed by atoms with Crippen LogP contribution in [0.3, 0.4) is 0 Å². The highest BCUT2D eigenvalue weighted by Crippen LogP contribution is 2.38. The van der Waals surface area contributed by atoms with E-state index in [1.807, 2.05) is 18.2 Å². The van der Waals surface area contributed by atoms with E-state index in [4.69, 9.17) is 4.74 Å². The molecule has 0 amide bonds. The highest BCUT2D eigenvalue weighted by molar-refractivity contribution is 7.92. The summed E-state index contributed by atoms with van der Waals surface area (Å²) in [7, 11) is -3.71. The summed E-state index contributed by atoms with van der Waals surface area (Å²) in [4.78, 5) is 12.8. The van der Waals surface area contributed by atoms with Crippen LogP contribution in [0.4, 0.5) is 5.69 Å². The van der Waals surface area contributed by atoms with Crippen molar-refractivity contribution in [3.8, 4) is 0 Å². The summed E-state index contributed by atoms with van der Waals surface area (Å²) >= 11 is 0. The normalized spacial score (nSPS) is 16.6. The fourth-order valence-electron chi connectivity index (χ4n) is 3.55. The van der Waals surface area contributed by atoms with Gasteiger partial charge in [-0.15, -0.1) is 0 Å². The van der Waals surface area contributed by atoms with E-state index in [0.29, 0.717) is 36.2 Å². The second kappa shape index (κ2) is 8.09. The molecule has 0 saturated carbocycles. The minimum atomic E-state index is -3.71. The number of para-hydroxylation sites is 1. The van der Waals surface area contributed by atoms with Gasteiger partial charge < -0.3 is 4.74 Å². The van der Waals surface area contributed by atoms with Crippen LogP contribution in [0, 0.1) is 0 Å². The number of carbonyl (C=O) groups excluding carboxylic acids is 1. The van der Waals surface area contributed by atoms with Gasteiger partial charge in [-0.2, -0.15) is 0 Å². The predicted molar refractivity (Wildman–Crippen MR) is 111 cm³/mol. The molecule has 0 radical (unpaired) electrons. The summed E-state index contributed by atoms with van der Waals surface area (Å²) in [6.07, 6.45) is 0.624. The van der Waals surface area contributed by atoms with Gasteiger partial charge in [0.05, 0.1) is 16.1 Å². The SMILES string of the molecule is O=C(O[C@H]1CCCN(S(=O)(=O)c2ccccc2)c2ccccc21)c1ccccc1. The van der Waals surface area contributed by atoms with Gasteiger partial charge >= 0.3 is 5.97 Å². The number of esters is 1. The van der Waals surface area contributed by atoms with E-state index < -0.39 is 22.1 Å². The lowest BCUT2D eigenvalue weighted by molar-refractivity contribution is 0.0279. The summed E-state index contributed by atoms with van der Waals surface area (Å²) in [5, 5.41) is 0. The minimum Gasteiger partial charge on any atom is -0.454 e. The van der Waals surface area contributed by atoms with E-state index >= 15 is 0 Å². The van der Waals surface area contributed by atoms with Gasteiger partial charge in [-0.25, -0.2) is 13.2 Å². The van der Waals surface area contributed by atoms with Gasteiger partial charge in [-0.1, -0.05) is 54.6 Å². The van der Waals surface area contributed by atoms with E-state index in [-0.39, 0.29) is 4.90 Å². The molecular weight excluding hydrogens is 386 g/mol. The topological polar surface area (TPSA) is 63.7 Å². The average molecular weight is 407 g/mol. The number of ether oxygens (including phenoxy) is 1. The molecule has 0 N–H and O–H groups in total. The summed E-state index contributed by atoms with van der Waals surface area (Å²) in [5.41, 5.74) is 1.73. The maximum Gasteiger partial charge on any atom is 0.338 e. The number of fused-ring (bicyclic) bond motifs is 1. The Kier molecular flexibility index (Phi) is 5.36. The Bertz CT molecular complexity index is 1100. The van der Waals surface area contributed by atoms with E-state index in [1.54, 1.807) is 66.7 Å². The van der Waals surface area contributed by atoms with E-state index in [2.05, 4.69) is 0 Å². The fourth-order valence-corrected chi connectivity index (χ4v) is 5.10. The number of nitrogens with zero attached hydrogens (tertiary/aromatic N) is 1. The number of carbonyl (C=O) groups is 1. The first kappa shape index (κ1) is 19.2. The quantitative estimate of drug-likeness (QED) is 0.594. The van der Waals surface area contributed by atoms with Crippen molar-refractivity contribution in [2.24, 2.45) is 0 Å². The van der Waals surface area contributed by atoms with Gasteiger partial charge in [0, 0.05) is 12.1 Å². The maximum atomic E-state index is 13.3. The number of hydrogen-bond acceptors (Lipinski definition) is 4. The molecular formula is C23H21NO4S. The zero-order valence-electron chi connectivity index (χ0n) is 15.8. The zero-order chi connectivity index (χ0) is 20.3. The average Bonchev–Trinajstić information content (AvgIpc) is 2.95. The van der Waals surface area contributed by atoms with Crippen LogP contribution in [-0.2, 0) is 14.8 Å². The molecule has 0 spiro atoms. The van der Waals surface area contributed by atoms with Crippen LogP contribution in [0.2, 0.25) is 0 Å². The molecule has 1 atom stereocenters. The number of rotatable bonds is 4. The molecule has 1 aliphatic heterocycles. The molecule has 1 aliphatic rings. The minimum absolute atomic E-state index is 0.245. The summed E-state index contributed by atoms with van der Waals surface area (Å²) in [6, 6.07) is 24.4. The number of hydrogen-bond donors (Lipinski definition) is 0. The van der Waals surface area contributed by atoms with E-state index in [1.165, 1.54) is 4.31 Å². The van der Waals surface area contributed by atoms with Crippen molar-refractivity contribution in [2.75, 3.05) is 10.8 Å². The third-order valence-electron chi connectivity index (χ3n) is 4.97. The molecule has 3 aromatic carbocycles. The molecule has 4 rings (SSSR count). The molecule has 29 heavy (non-hydrogen) atoms. The van der Waals surface area contributed by atoms with Crippen LogP contribution in [0.1, 0.15) is 34.9 Å². The van der Waals surface area contributed by atoms with Crippen LogP contribution in [0.25, 0.3) is 0 Å². The van der Waals surface area contributed by atoms with Crippen molar-refractivity contribution in [3.63, 3.8) is 0 Å². The first-order valence-corrected chi connectivity index (χ1v) is 10.9. The monoisotopic (exact) mass is 407 g/mol. The van der Waals surface area contributed by atoms with E-state index in [0.717, 1.165) is 0 Å². The van der Waals surface area contributed by atoms with Crippen molar-refractivity contribution >= 4 is 21.7 Å². The van der Waals surface area contributed by atoms with Crippen LogP contribution in [-0.4, -0.2) is 20.9 Å². The zero-order valence-corrected chi connectivity index (χ0v) is 16.6. The molecule has 0 aromatic heterocycles. The smallest absolute Gasteiger partial charge is 0.338 e. The number of benzene rings is 3. The van der Waals surface area contributed by atoms with Crippen molar-refractivity contribution in [1.29, 1.82) is 0 Å². The van der Waals surface area contributed by atoms with Crippen LogP contribution in [0.5, 0.6) is 0 Å². The van der Waals surface area contributed by atoms with Crippen LogP contribution in [0.15, 0.2) is 89.8 Å². The molecule has 0 bridgehead atoms. The Morgan fingerprint density at radius 1 is 0.862 bits per heavy atom. The highest BCUT2D eigenvalue weighted by Gasteiger charge is 2.32. The van der Waals surface area contributed by atoms with Crippen LogP contribution < -0.4 is 4.31 Å². The molecule has 5 nitrogen and oxygen atoms in total. The fraction of sp³-hybridized carbons (Fsp3) is 0.174. The van der Waals surface area contributed by atoms with Gasteiger partial charge in [0.1, 0.15) is 6.10 Å². The predicted octanol–water partition coefficient (Wildman–Crippen LogP) is 4.57. The molecule has 6 heteroatoms. The Morgan fingerprint density at radius 3 is 2.21 bits per heavy atom. The Hall–Kier alpha value is -3.12. The lowest BCUT2D eigenvalue weighted by atomic mass is 10.0. The second-order valence-corrected chi connectivity index (χ2v) is 8.71. The van der Waals surface area contributed by atoms with Crippen molar-refractivity contribution < 1.29 is 17.9 Å². The number of sulfonamides is 1. The largest absolute Gasteiger partial charge is 0.454 e. The molecule has 1 heterocycles. The summed E-state index contributed by atoms with van der Waals surface area (Å²) in [6.45, 7) is 0.327. The molecule has 3 aromatic rings. The van der Waals surface area contributed by atoms with Gasteiger partial charge in [-0.3, -0.25) is 4.31 Å². The maximum absolute atomic E-state index is 13.3. The van der Waals surface area contributed by atoms with Crippen LogP contribution >= 0.6 is 0 Å². The van der Waals surface area contributed by atoms with Crippen molar-refractivity contribution in [2.45, 2.75) is 23.8 Å². The lowest BCUT2D eigenvalue weighted by Gasteiger charge is -2.25. The Morgan fingerprint density at radius 2 is 1.48 bits per heavy atom. The first-order valence-electron chi connectivity index (χ1n) is 9.50. The highest BCUT2D eigenvalue weighted by atomic mass is 32.2. The van der Waals surface area contributed by atoms with Crippen molar-refractivity contribution in [3.05, 3.63) is 96.1 Å². The first-order chi connectivity index (χ1) is 14.1. The van der Waals surface area contributed by atoms with Gasteiger partial charge in [-0.05, 0) is 43.2 Å².